The fourth-order valence-electron chi connectivity index (χ4n) is 3.14. The first-order chi connectivity index (χ1) is 13.2. The Balaban J connectivity index is 1.45. The van der Waals surface area contributed by atoms with Gasteiger partial charge in [0.25, 0.3) is 11.8 Å². The summed E-state index contributed by atoms with van der Waals surface area (Å²) in [4.78, 5) is 26.4. The average molecular weight is 366 g/mol. The van der Waals surface area contributed by atoms with E-state index in [-0.39, 0.29) is 18.4 Å². The third-order valence-electron chi connectivity index (χ3n) is 4.70. The number of hydrogen-bond donors (Lipinski definition) is 1. The Morgan fingerprint density at radius 1 is 0.889 bits per heavy atom. The summed E-state index contributed by atoms with van der Waals surface area (Å²) in [6.07, 6.45) is 4.58. The Bertz CT molecular complexity index is 736. The Morgan fingerprint density at radius 3 is 2.22 bits per heavy atom. The van der Waals surface area contributed by atoms with E-state index in [2.05, 4.69) is 5.32 Å². The van der Waals surface area contributed by atoms with E-state index < -0.39 is 0 Å². The van der Waals surface area contributed by atoms with Crippen molar-refractivity contribution in [1.29, 1.82) is 0 Å². The lowest BCUT2D eigenvalue weighted by Gasteiger charge is -2.20. The molecule has 0 aromatic heterocycles. The molecule has 5 heteroatoms. The molecule has 0 aliphatic carbocycles. The van der Waals surface area contributed by atoms with Crippen LogP contribution in [-0.2, 0) is 11.3 Å². The van der Waals surface area contributed by atoms with Crippen molar-refractivity contribution in [2.24, 2.45) is 0 Å². The van der Waals surface area contributed by atoms with Gasteiger partial charge in [-0.05, 0) is 42.7 Å². The number of para-hydroxylation sites is 1. The van der Waals surface area contributed by atoms with Crippen molar-refractivity contribution in [3.8, 4) is 5.75 Å². The molecule has 0 spiro atoms. The van der Waals surface area contributed by atoms with E-state index in [0.717, 1.165) is 31.5 Å². The molecule has 142 valence electrons. The zero-order valence-corrected chi connectivity index (χ0v) is 15.5. The molecule has 1 N–H and O–H groups in total. The predicted molar refractivity (Wildman–Crippen MR) is 105 cm³/mol. The molecule has 1 aliphatic heterocycles. The van der Waals surface area contributed by atoms with E-state index in [1.165, 1.54) is 12.8 Å². The molecule has 1 fully saturated rings. The highest BCUT2D eigenvalue weighted by molar-refractivity contribution is 5.94. The van der Waals surface area contributed by atoms with Gasteiger partial charge in [-0.25, -0.2) is 0 Å². The van der Waals surface area contributed by atoms with Crippen molar-refractivity contribution in [2.75, 3.05) is 19.7 Å². The summed E-state index contributed by atoms with van der Waals surface area (Å²) >= 11 is 0. The molecule has 5 nitrogen and oxygen atoms in total. The number of hydrogen-bond acceptors (Lipinski definition) is 3. The molecular weight excluding hydrogens is 340 g/mol. The van der Waals surface area contributed by atoms with Crippen molar-refractivity contribution in [3.63, 3.8) is 0 Å². The normalized spacial score (nSPS) is 14.3. The van der Waals surface area contributed by atoms with Gasteiger partial charge in [-0.3, -0.25) is 9.59 Å². The van der Waals surface area contributed by atoms with E-state index in [1.54, 1.807) is 0 Å². The minimum Gasteiger partial charge on any atom is -0.484 e. The van der Waals surface area contributed by atoms with Crippen LogP contribution in [0.15, 0.2) is 54.6 Å². The summed E-state index contributed by atoms with van der Waals surface area (Å²) in [5.41, 5.74) is 1.66. The van der Waals surface area contributed by atoms with Gasteiger partial charge in [-0.15, -0.1) is 0 Å². The Hall–Kier alpha value is -2.82. The molecule has 2 aromatic carbocycles. The van der Waals surface area contributed by atoms with E-state index in [1.807, 2.05) is 59.5 Å². The minimum atomic E-state index is -0.177. The lowest BCUT2D eigenvalue weighted by molar-refractivity contribution is -0.123. The first kappa shape index (κ1) is 19.0. The standard InChI is InChI=1S/C22H26N2O3/c25-21(17-27-20-8-4-3-5-9-20)23-16-18-10-12-19(13-11-18)22(26)24-14-6-1-2-7-15-24/h3-5,8-13H,1-2,6-7,14-17H2,(H,23,25). The quantitative estimate of drug-likeness (QED) is 0.852. The number of carbonyl (C=O) groups is 2. The highest BCUT2D eigenvalue weighted by Gasteiger charge is 2.17. The molecule has 1 saturated heterocycles. The first-order valence-electron chi connectivity index (χ1n) is 9.55. The maximum atomic E-state index is 12.6. The Labute approximate surface area is 160 Å². The number of nitrogens with one attached hydrogen (secondary N) is 1. The number of likely N-dealkylation sites (tertiary alicyclic amines) is 1. The average Bonchev–Trinajstić information content (AvgIpc) is 3.01. The van der Waals surface area contributed by atoms with Crippen LogP contribution in [0.25, 0.3) is 0 Å². The van der Waals surface area contributed by atoms with Crippen LogP contribution >= 0.6 is 0 Å². The first-order valence-corrected chi connectivity index (χ1v) is 9.55. The monoisotopic (exact) mass is 366 g/mol. The van der Waals surface area contributed by atoms with Gasteiger partial charge in [-0.2, -0.15) is 0 Å². The van der Waals surface area contributed by atoms with Crippen molar-refractivity contribution < 1.29 is 14.3 Å². The van der Waals surface area contributed by atoms with Crippen molar-refractivity contribution in [1.82, 2.24) is 10.2 Å². The van der Waals surface area contributed by atoms with Crippen LogP contribution in [0.4, 0.5) is 0 Å². The second kappa shape index (κ2) is 9.76. The van der Waals surface area contributed by atoms with E-state index in [0.29, 0.717) is 17.9 Å². The molecular formula is C22H26N2O3. The summed E-state index contributed by atoms with van der Waals surface area (Å²) in [5.74, 6) is 0.594. The Morgan fingerprint density at radius 2 is 1.56 bits per heavy atom. The summed E-state index contributed by atoms with van der Waals surface area (Å²) in [6, 6.07) is 16.7. The summed E-state index contributed by atoms with van der Waals surface area (Å²) in [7, 11) is 0. The molecule has 0 bridgehead atoms. The lowest BCUT2D eigenvalue weighted by atomic mass is 10.1. The van der Waals surface area contributed by atoms with Crippen LogP contribution in [0.1, 0.15) is 41.6 Å². The number of benzene rings is 2. The SMILES string of the molecule is O=C(COc1ccccc1)NCc1ccc(C(=O)N2CCCCCC2)cc1. The summed E-state index contributed by atoms with van der Waals surface area (Å²) in [6.45, 7) is 2.08. The number of carbonyl (C=O) groups excluding carboxylic acids is 2. The molecule has 1 heterocycles. The van der Waals surface area contributed by atoms with Crippen LogP contribution < -0.4 is 10.1 Å². The highest BCUT2D eigenvalue weighted by atomic mass is 16.5. The third-order valence-corrected chi connectivity index (χ3v) is 4.70. The molecule has 0 saturated carbocycles. The van der Waals surface area contributed by atoms with Crippen molar-refractivity contribution in [2.45, 2.75) is 32.2 Å². The molecule has 27 heavy (non-hydrogen) atoms. The fourth-order valence-corrected chi connectivity index (χ4v) is 3.14. The number of nitrogens with zero attached hydrogens (tertiary/aromatic N) is 1. The zero-order chi connectivity index (χ0) is 18.9. The molecule has 2 amide bonds. The topological polar surface area (TPSA) is 58.6 Å². The van der Waals surface area contributed by atoms with Crippen LogP contribution in [0.2, 0.25) is 0 Å². The molecule has 3 rings (SSSR count). The highest BCUT2D eigenvalue weighted by Crippen LogP contribution is 2.14. The maximum Gasteiger partial charge on any atom is 0.258 e. The van der Waals surface area contributed by atoms with Crippen molar-refractivity contribution in [3.05, 3.63) is 65.7 Å². The maximum absolute atomic E-state index is 12.6. The lowest BCUT2D eigenvalue weighted by Crippen LogP contribution is -2.31. The van der Waals surface area contributed by atoms with Gasteiger partial charge in [-0.1, -0.05) is 43.2 Å². The van der Waals surface area contributed by atoms with E-state index >= 15 is 0 Å². The molecule has 0 unspecified atom stereocenters. The predicted octanol–water partition coefficient (Wildman–Crippen LogP) is 3.40. The molecule has 0 radical (unpaired) electrons. The number of ether oxygens (including phenoxy) is 1. The summed E-state index contributed by atoms with van der Waals surface area (Å²) < 4.78 is 5.42. The van der Waals surface area contributed by atoms with Gasteiger partial charge in [0.1, 0.15) is 5.75 Å². The smallest absolute Gasteiger partial charge is 0.258 e. The van der Waals surface area contributed by atoms with Crippen LogP contribution in [0.3, 0.4) is 0 Å². The van der Waals surface area contributed by atoms with Gasteiger partial charge in [0, 0.05) is 25.2 Å². The number of rotatable bonds is 6. The number of amides is 2. The van der Waals surface area contributed by atoms with Crippen LogP contribution in [0, 0.1) is 0 Å². The van der Waals surface area contributed by atoms with Gasteiger partial charge < -0.3 is 15.0 Å². The second-order valence-electron chi connectivity index (χ2n) is 6.78. The second-order valence-corrected chi connectivity index (χ2v) is 6.78. The molecule has 2 aromatic rings. The zero-order valence-electron chi connectivity index (χ0n) is 15.5. The Kier molecular flexibility index (Phi) is 6.85. The van der Waals surface area contributed by atoms with Crippen LogP contribution in [-0.4, -0.2) is 36.4 Å². The minimum absolute atomic E-state index is 0.0183. The van der Waals surface area contributed by atoms with Gasteiger partial charge >= 0.3 is 0 Å². The van der Waals surface area contributed by atoms with E-state index in [9.17, 15) is 9.59 Å². The van der Waals surface area contributed by atoms with Gasteiger partial charge in [0.15, 0.2) is 6.61 Å². The van der Waals surface area contributed by atoms with Gasteiger partial charge in [0.05, 0.1) is 0 Å². The van der Waals surface area contributed by atoms with Crippen LogP contribution in [0.5, 0.6) is 5.75 Å². The fraction of sp³-hybridized carbons (Fsp3) is 0.364. The summed E-state index contributed by atoms with van der Waals surface area (Å²) in [5, 5.41) is 2.83. The third kappa shape index (κ3) is 5.84. The molecule has 0 atom stereocenters. The van der Waals surface area contributed by atoms with Crippen molar-refractivity contribution >= 4 is 11.8 Å². The van der Waals surface area contributed by atoms with Gasteiger partial charge in [0.2, 0.25) is 0 Å². The largest absolute Gasteiger partial charge is 0.484 e. The van der Waals surface area contributed by atoms with E-state index in [4.69, 9.17) is 4.74 Å². The molecule has 1 aliphatic rings.